The SMILES string of the molecule is CC(NC(=O)C1CCN(CC(N)=O)CC1)c1ccc(O)cc1. The number of nitrogens with two attached hydrogens (primary N) is 1. The molecule has 22 heavy (non-hydrogen) atoms. The second-order valence-corrected chi connectivity index (χ2v) is 5.84. The van der Waals surface area contributed by atoms with Gasteiger partial charge in [0.05, 0.1) is 12.6 Å². The zero-order valence-electron chi connectivity index (χ0n) is 12.8. The van der Waals surface area contributed by atoms with Crippen LogP contribution in [0.3, 0.4) is 0 Å². The fraction of sp³-hybridized carbons (Fsp3) is 0.500. The summed E-state index contributed by atoms with van der Waals surface area (Å²) in [6, 6.07) is 6.73. The van der Waals surface area contributed by atoms with Gasteiger partial charge in [-0.15, -0.1) is 0 Å². The van der Waals surface area contributed by atoms with E-state index in [4.69, 9.17) is 5.73 Å². The topological polar surface area (TPSA) is 95.7 Å². The first kappa shape index (κ1) is 16.3. The highest BCUT2D eigenvalue weighted by molar-refractivity contribution is 5.79. The maximum absolute atomic E-state index is 12.3. The lowest BCUT2D eigenvalue weighted by molar-refractivity contribution is -0.127. The van der Waals surface area contributed by atoms with Crippen molar-refractivity contribution in [1.82, 2.24) is 10.2 Å². The number of hydrogen-bond acceptors (Lipinski definition) is 4. The normalized spacial score (nSPS) is 17.9. The van der Waals surface area contributed by atoms with E-state index in [9.17, 15) is 14.7 Å². The van der Waals surface area contributed by atoms with Crippen LogP contribution in [0.25, 0.3) is 0 Å². The van der Waals surface area contributed by atoms with Crippen LogP contribution < -0.4 is 11.1 Å². The Balaban J connectivity index is 1.83. The van der Waals surface area contributed by atoms with Crippen LogP contribution in [-0.4, -0.2) is 41.5 Å². The third kappa shape index (κ3) is 4.46. The second kappa shape index (κ2) is 7.26. The van der Waals surface area contributed by atoms with Crippen LogP contribution >= 0.6 is 0 Å². The van der Waals surface area contributed by atoms with Crippen LogP contribution in [0.4, 0.5) is 0 Å². The number of piperidine rings is 1. The summed E-state index contributed by atoms with van der Waals surface area (Å²) in [5.74, 6) is -0.101. The van der Waals surface area contributed by atoms with Crippen molar-refractivity contribution < 1.29 is 14.7 Å². The number of primary amides is 1. The van der Waals surface area contributed by atoms with Crippen molar-refractivity contribution in [2.45, 2.75) is 25.8 Å². The molecule has 1 atom stereocenters. The second-order valence-electron chi connectivity index (χ2n) is 5.84. The van der Waals surface area contributed by atoms with Gasteiger partial charge in [-0.2, -0.15) is 0 Å². The maximum atomic E-state index is 12.3. The third-order valence-corrected chi connectivity index (χ3v) is 4.09. The van der Waals surface area contributed by atoms with Crippen molar-refractivity contribution in [3.8, 4) is 5.75 Å². The molecule has 0 saturated carbocycles. The molecule has 1 aromatic carbocycles. The Hall–Kier alpha value is -2.08. The van der Waals surface area contributed by atoms with Crippen molar-refractivity contribution >= 4 is 11.8 Å². The summed E-state index contributed by atoms with van der Waals surface area (Å²) >= 11 is 0. The van der Waals surface area contributed by atoms with Gasteiger partial charge in [-0.05, 0) is 50.6 Å². The summed E-state index contributed by atoms with van der Waals surface area (Å²) in [6.45, 7) is 3.62. The maximum Gasteiger partial charge on any atom is 0.231 e. The van der Waals surface area contributed by atoms with Crippen LogP contribution in [0.1, 0.15) is 31.4 Å². The first-order valence-electron chi connectivity index (χ1n) is 7.55. The highest BCUT2D eigenvalue weighted by atomic mass is 16.3. The van der Waals surface area contributed by atoms with Crippen molar-refractivity contribution in [1.29, 1.82) is 0 Å². The van der Waals surface area contributed by atoms with E-state index in [0.717, 1.165) is 18.4 Å². The molecule has 0 radical (unpaired) electrons. The van der Waals surface area contributed by atoms with E-state index >= 15 is 0 Å². The number of carbonyl (C=O) groups excluding carboxylic acids is 2. The zero-order chi connectivity index (χ0) is 16.1. The van der Waals surface area contributed by atoms with Crippen LogP contribution in [-0.2, 0) is 9.59 Å². The fourth-order valence-corrected chi connectivity index (χ4v) is 2.75. The first-order valence-corrected chi connectivity index (χ1v) is 7.55. The van der Waals surface area contributed by atoms with Crippen molar-refractivity contribution in [2.75, 3.05) is 19.6 Å². The van der Waals surface area contributed by atoms with Crippen molar-refractivity contribution in [3.63, 3.8) is 0 Å². The molecule has 1 heterocycles. The van der Waals surface area contributed by atoms with Gasteiger partial charge >= 0.3 is 0 Å². The number of amides is 2. The summed E-state index contributed by atoms with van der Waals surface area (Å²) in [7, 11) is 0. The lowest BCUT2D eigenvalue weighted by Crippen LogP contribution is -2.43. The van der Waals surface area contributed by atoms with E-state index in [1.165, 1.54) is 0 Å². The van der Waals surface area contributed by atoms with Crippen molar-refractivity contribution in [3.05, 3.63) is 29.8 Å². The number of nitrogens with zero attached hydrogens (tertiary/aromatic N) is 1. The molecule has 4 N–H and O–H groups in total. The Morgan fingerprint density at radius 1 is 1.32 bits per heavy atom. The number of aromatic hydroxyl groups is 1. The predicted molar refractivity (Wildman–Crippen MR) is 83.0 cm³/mol. The minimum atomic E-state index is -0.330. The van der Waals surface area contributed by atoms with E-state index in [2.05, 4.69) is 5.32 Å². The lowest BCUT2D eigenvalue weighted by Gasteiger charge is -2.31. The number of carbonyl (C=O) groups is 2. The lowest BCUT2D eigenvalue weighted by atomic mass is 9.95. The monoisotopic (exact) mass is 305 g/mol. The largest absolute Gasteiger partial charge is 0.508 e. The van der Waals surface area contributed by atoms with E-state index in [1.54, 1.807) is 24.3 Å². The highest BCUT2D eigenvalue weighted by Crippen LogP contribution is 2.20. The molecule has 0 aliphatic carbocycles. The highest BCUT2D eigenvalue weighted by Gasteiger charge is 2.26. The molecule has 2 amide bonds. The van der Waals surface area contributed by atoms with Gasteiger partial charge in [0, 0.05) is 5.92 Å². The molecular formula is C16H23N3O3. The summed E-state index contributed by atoms with van der Waals surface area (Å²) in [5, 5.41) is 12.3. The molecule has 1 fully saturated rings. The summed E-state index contributed by atoms with van der Waals surface area (Å²) in [5.41, 5.74) is 6.14. The molecule has 1 saturated heterocycles. The molecule has 0 bridgehead atoms. The Labute approximate surface area is 130 Å². The predicted octanol–water partition coefficient (Wildman–Crippen LogP) is 0.767. The summed E-state index contributed by atoms with van der Waals surface area (Å²) in [6.07, 6.45) is 1.48. The minimum absolute atomic E-state index is 0.0244. The van der Waals surface area contributed by atoms with E-state index in [-0.39, 0.29) is 36.1 Å². The van der Waals surface area contributed by atoms with Crippen LogP contribution in [0, 0.1) is 5.92 Å². The van der Waals surface area contributed by atoms with E-state index < -0.39 is 0 Å². The number of nitrogens with one attached hydrogen (secondary N) is 1. The molecule has 1 aliphatic heterocycles. The fourth-order valence-electron chi connectivity index (χ4n) is 2.75. The summed E-state index contributed by atoms with van der Waals surface area (Å²) < 4.78 is 0. The quantitative estimate of drug-likeness (QED) is 0.748. The standard InChI is InChI=1S/C16H23N3O3/c1-11(12-2-4-14(20)5-3-12)18-16(22)13-6-8-19(9-7-13)10-15(17)21/h2-5,11,13,20H,6-10H2,1H3,(H2,17,21)(H,18,22). The zero-order valence-corrected chi connectivity index (χ0v) is 12.8. The van der Waals surface area contributed by atoms with Gasteiger partial charge in [-0.25, -0.2) is 0 Å². The minimum Gasteiger partial charge on any atom is -0.508 e. The van der Waals surface area contributed by atoms with Gasteiger partial charge in [0.15, 0.2) is 0 Å². The molecule has 1 aromatic rings. The molecule has 1 unspecified atom stereocenters. The van der Waals surface area contributed by atoms with Crippen LogP contribution in [0.15, 0.2) is 24.3 Å². The summed E-state index contributed by atoms with van der Waals surface area (Å²) in [4.78, 5) is 25.2. The number of benzene rings is 1. The van der Waals surface area contributed by atoms with E-state index in [0.29, 0.717) is 13.1 Å². The van der Waals surface area contributed by atoms with Crippen LogP contribution in [0.2, 0.25) is 0 Å². The number of likely N-dealkylation sites (tertiary alicyclic amines) is 1. The average molecular weight is 305 g/mol. The molecule has 6 heteroatoms. The third-order valence-electron chi connectivity index (χ3n) is 4.09. The Morgan fingerprint density at radius 2 is 1.91 bits per heavy atom. The number of hydrogen-bond donors (Lipinski definition) is 3. The first-order chi connectivity index (χ1) is 10.5. The smallest absolute Gasteiger partial charge is 0.231 e. The average Bonchev–Trinajstić information content (AvgIpc) is 2.48. The molecule has 0 spiro atoms. The Bertz CT molecular complexity index is 522. The van der Waals surface area contributed by atoms with E-state index in [1.807, 2.05) is 11.8 Å². The molecule has 6 nitrogen and oxygen atoms in total. The van der Waals surface area contributed by atoms with Gasteiger partial charge in [0.25, 0.3) is 0 Å². The molecule has 0 aromatic heterocycles. The number of phenolic OH excluding ortho intramolecular Hbond substituents is 1. The van der Waals surface area contributed by atoms with Gasteiger partial charge < -0.3 is 16.2 Å². The van der Waals surface area contributed by atoms with Gasteiger partial charge in [0.1, 0.15) is 5.75 Å². The molecule has 2 rings (SSSR count). The number of rotatable bonds is 5. The number of phenols is 1. The van der Waals surface area contributed by atoms with Gasteiger partial charge in [-0.3, -0.25) is 14.5 Å². The molecule has 120 valence electrons. The molecule has 1 aliphatic rings. The van der Waals surface area contributed by atoms with Gasteiger partial charge in [-0.1, -0.05) is 12.1 Å². The van der Waals surface area contributed by atoms with Crippen molar-refractivity contribution in [2.24, 2.45) is 11.7 Å². The Kier molecular flexibility index (Phi) is 5.38. The van der Waals surface area contributed by atoms with Crippen LogP contribution in [0.5, 0.6) is 5.75 Å². The molecular weight excluding hydrogens is 282 g/mol. The van der Waals surface area contributed by atoms with Gasteiger partial charge in [0.2, 0.25) is 11.8 Å². The Morgan fingerprint density at radius 3 is 2.45 bits per heavy atom.